The van der Waals surface area contributed by atoms with Crippen LogP contribution in [0.3, 0.4) is 0 Å². The molecular weight excluding hydrogens is 240 g/mol. The number of rotatable bonds is 7. The van der Waals surface area contributed by atoms with Crippen LogP contribution in [0.5, 0.6) is 0 Å². The van der Waals surface area contributed by atoms with Gasteiger partial charge in [-0.2, -0.15) is 0 Å². The van der Waals surface area contributed by atoms with Crippen molar-refractivity contribution < 1.29 is 9.53 Å². The van der Waals surface area contributed by atoms with Gasteiger partial charge in [-0.05, 0) is 43.5 Å². The zero-order valence-electron chi connectivity index (χ0n) is 12.0. The summed E-state index contributed by atoms with van der Waals surface area (Å²) in [6.07, 6.45) is 1.12. The van der Waals surface area contributed by atoms with E-state index in [0.717, 1.165) is 6.42 Å². The van der Waals surface area contributed by atoms with Crippen molar-refractivity contribution in [3.63, 3.8) is 0 Å². The number of nitrogen functional groups attached to an aromatic ring is 1. The van der Waals surface area contributed by atoms with Crippen LogP contribution in [-0.2, 0) is 4.74 Å². The van der Waals surface area contributed by atoms with Crippen LogP contribution in [0.2, 0.25) is 0 Å². The Kier molecular flexibility index (Phi) is 6.36. The Bertz CT molecular complexity index is 388. The quantitative estimate of drug-likeness (QED) is 0.451. The minimum atomic E-state index is -0.307. The third kappa shape index (κ3) is 6.25. The van der Waals surface area contributed by atoms with E-state index >= 15 is 0 Å². The van der Waals surface area contributed by atoms with Crippen LogP contribution < -0.4 is 11.1 Å². The lowest BCUT2D eigenvalue weighted by Crippen LogP contribution is -2.31. The number of hydrogen-bond acceptors (Lipinski definition) is 4. The van der Waals surface area contributed by atoms with Gasteiger partial charge in [0, 0.05) is 18.3 Å². The molecule has 0 bridgehead atoms. The molecule has 0 radical (unpaired) electrons. The van der Waals surface area contributed by atoms with Crippen molar-refractivity contribution in [3.05, 3.63) is 29.8 Å². The number of nitrogens with two attached hydrogens (primary N) is 1. The van der Waals surface area contributed by atoms with E-state index in [1.54, 1.807) is 24.3 Å². The van der Waals surface area contributed by atoms with Crippen LogP contribution >= 0.6 is 0 Å². The van der Waals surface area contributed by atoms with Crippen LogP contribution in [0, 0.1) is 5.92 Å². The molecule has 0 aromatic heterocycles. The first-order valence-electron chi connectivity index (χ1n) is 6.75. The predicted octanol–water partition coefficient (Wildman–Crippen LogP) is 2.45. The fraction of sp³-hybridized carbons (Fsp3) is 0.533. The van der Waals surface area contributed by atoms with Gasteiger partial charge >= 0.3 is 5.97 Å². The van der Waals surface area contributed by atoms with E-state index in [9.17, 15) is 4.79 Å². The van der Waals surface area contributed by atoms with E-state index < -0.39 is 0 Å². The van der Waals surface area contributed by atoms with Gasteiger partial charge in [-0.1, -0.05) is 13.8 Å². The minimum Gasteiger partial charge on any atom is -0.461 e. The second-order valence-corrected chi connectivity index (χ2v) is 5.24. The van der Waals surface area contributed by atoms with E-state index in [-0.39, 0.29) is 5.97 Å². The predicted molar refractivity (Wildman–Crippen MR) is 78.1 cm³/mol. The highest BCUT2D eigenvalue weighted by molar-refractivity contribution is 5.89. The van der Waals surface area contributed by atoms with Crippen molar-refractivity contribution in [2.45, 2.75) is 33.2 Å². The largest absolute Gasteiger partial charge is 0.461 e. The van der Waals surface area contributed by atoms with Crippen molar-refractivity contribution in [1.82, 2.24) is 5.32 Å². The van der Waals surface area contributed by atoms with Crippen LogP contribution in [-0.4, -0.2) is 25.2 Å². The maximum absolute atomic E-state index is 11.7. The molecule has 0 aliphatic heterocycles. The van der Waals surface area contributed by atoms with Gasteiger partial charge in [0.05, 0.1) is 5.56 Å². The normalized spacial score (nSPS) is 12.4. The fourth-order valence-electron chi connectivity index (χ4n) is 1.94. The fourth-order valence-corrected chi connectivity index (χ4v) is 1.94. The monoisotopic (exact) mass is 264 g/mol. The minimum absolute atomic E-state index is 0.307. The summed E-state index contributed by atoms with van der Waals surface area (Å²) in [5.74, 6) is 0.359. The average molecular weight is 264 g/mol. The first-order chi connectivity index (χ1) is 8.99. The third-order valence-corrected chi connectivity index (χ3v) is 2.80. The molecule has 0 aliphatic carbocycles. The molecule has 0 fully saturated rings. The number of nitrogens with one attached hydrogen (secondary N) is 1. The van der Waals surface area contributed by atoms with Crippen LogP contribution in [0.25, 0.3) is 0 Å². The number of anilines is 1. The molecule has 106 valence electrons. The molecule has 1 aromatic carbocycles. The van der Waals surface area contributed by atoms with Crippen LogP contribution in [0.15, 0.2) is 24.3 Å². The van der Waals surface area contributed by atoms with Gasteiger partial charge in [-0.15, -0.1) is 0 Å². The highest BCUT2D eigenvalue weighted by Gasteiger charge is 2.07. The Morgan fingerprint density at radius 3 is 2.47 bits per heavy atom. The summed E-state index contributed by atoms with van der Waals surface area (Å²) in [7, 11) is 0. The summed E-state index contributed by atoms with van der Waals surface area (Å²) in [6.45, 7) is 7.58. The Labute approximate surface area is 115 Å². The van der Waals surface area contributed by atoms with Crippen molar-refractivity contribution in [2.75, 3.05) is 18.9 Å². The van der Waals surface area contributed by atoms with Gasteiger partial charge in [0.2, 0.25) is 0 Å². The first kappa shape index (κ1) is 15.5. The summed E-state index contributed by atoms with van der Waals surface area (Å²) in [6, 6.07) is 7.17. The lowest BCUT2D eigenvalue weighted by atomic mass is 10.1. The topological polar surface area (TPSA) is 64.3 Å². The summed E-state index contributed by atoms with van der Waals surface area (Å²) in [5.41, 5.74) is 6.73. The summed E-state index contributed by atoms with van der Waals surface area (Å²) in [4.78, 5) is 11.7. The van der Waals surface area contributed by atoms with Crippen molar-refractivity contribution in [3.8, 4) is 0 Å². The number of carbonyl (C=O) groups is 1. The van der Waals surface area contributed by atoms with Crippen LogP contribution in [0.4, 0.5) is 5.69 Å². The maximum atomic E-state index is 11.7. The zero-order chi connectivity index (χ0) is 14.3. The molecule has 4 nitrogen and oxygen atoms in total. The van der Waals surface area contributed by atoms with Crippen molar-refractivity contribution >= 4 is 11.7 Å². The van der Waals surface area contributed by atoms with Crippen molar-refractivity contribution in [2.24, 2.45) is 5.92 Å². The van der Waals surface area contributed by atoms with E-state index in [0.29, 0.717) is 36.4 Å². The van der Waals surface area contributed by atoms with E-state index in [1.807, 2.05) is 0 Å². The smallest absolute Gasteiger partial charge is 0.338 e. The highest BCUT2D eigenvalue weighted by atomic mass is 16.5. The Morgan fingerprint density at radius 2 is 1.89 bits per heavy atom. The number of ether oxygens (including phenoxy) is 1. The molecule has 0 heterocycles. The third-order valence-electron chi connectivity index (χ3n) is 2.80. The maximum Gasteiger partial charge on any atom is 0.338 e. The van der Waals surface area contributed by atoms with Gasteiger partial charge in [0.1, 0.15) is 6.61 Å². The second-order valence-electron chi connectivity index (χ2n) is 5.24. The molecule has 19 heavy (non-hydrogen) atoms. The standard InChI is InChI=1S/C15H24N2O2/c1-11(2)10-12(3)17-8-9-19-15(18)13-4-6-14(16)7-5-13/h4-7,11-12,17H,8-10,16H2,1-3H3/t12-/m1/s1. The summed E-state index contributed by atoms with van der Waals surface area (Å²) in [5, 5.41) is 3.33. The van der Waals surface area contributed by atoms with Crippen LogP contribution in [0.1, 0.15) is 37.6 Å². The van der Waals surface area contributed by atoms with Gasteiger partial charge in [-0.3, -0.25) is 0 Å². The Morgan fingerprint density at radius 1 is 1.26 bits per heavy atom. The van der Waals surface area contributed by atoms with E-state index in [4.69, 9.17) is 10.5 Å². The number of esters is 1. The average Bonchev–Trinajstić information content (AvgIpc) is 2.34. The molecule has 1 atom stereocenters. The van der Waals surface area contributed by atoms with Crippen molar-refractivity contribution in [1.29, 1.82) is 0 Å². The SMILES string of the molecule is CC(C)C[C@@H](C)NCCOC(=O)c1ccc(N)cc1. The highest BCUT2D eigenvalue weighted by Crippen LogP contribution is 2.07. The number of benzene rings is 1. The molecule has 3 N–H and O–H groups in total. The molecular formula is C15H24N2O2. The molecule has 4 heteroatoms. The molecule has 0 amide bonds. The number of hydrogen-bond donors (Lipinski definition) is 2. The molecule has 0 unspecified atom stereocenters. The molecule has 0 saturated carbocycles. The van der Waals surface area contributed by atoms with Gasteiger partial charge in [-0.25, -0.2) is 4.79 Å². The molecule has 0 spiro atoms. The van der Waals surface area contributed by atoms with Gasteiger partial charge in [0.25, 0.3) is 0 Å². The van der Waals surface area contributed by atoms with Gasteiger partial charge < -0.3 is 15.8 Å². The Hall–Kier alpha value is -1.55. The lowest BCUT2D eigenvalue weighted by molar-refractivity contribution is 0.0505. The molecule has 1 rings (SSSR count). The molecule has 0 aliphatic rings. The summed E-state index contributed by atoms with van der Waals surface area (Å²) < 4.78 is 5.18. The lowest BCUT2D eigenvalue weighted by Gasteiger charge is -2.15. The van der Waals surface area contributed by atoms with Gasteiger partial charge in [0.15, 0.2) is 0 Å². The van der Waals surface area contributed by atoms with E-state index in [1.165, 1.54) is 0 Å². The molecule has 1 aromatic rings. The molecule has 0 saturated heterocycles. The van der Waals surface area contributed by atoms with E-state index in [2.05, 4.69) is 26.1 Å². The number of carbonyl (C=O) groups excluding carboxylic acids is 1. The Balaban J connectivity index is 2.22. The first-order valence-corrected chi connectivity index (χ1v) is 6.75. The zero-order valence-corrected chi connectivity index (χ0v) is 12.0. The summed E-state index contributed by atoms with van der Waals surface area (Å²) >= 11 is 0. The second kappa shape index (κ2) is 7.79.